The minimum Gasteiger partial charge on any atom is -0.550 e. The largest absolute Gasteiger partial charge is 0.550 e. The molecule has 0 aliphatic rings. The highest BCUT2D eigenvalue weighted by atomic mass is 16.5. The number of hydrogen-bond donors (Lipinski definition) is 0. The van der Waals surface area contributed by atoms with Crippen LogP contribution in [0.1, 0.15) is 12.0 Å². The van der Waals surface area contributed by atoms with Crippen LogP contribution in [0.15, 0.2) is 30.0 Å². The number of rotatable bonds is 7. The topological polar surface area (TPSA) is 124 Å². The molecule has 26 heavy (non-hydrogen) atoms. The smallest absolute Gasteiger partial charge is 0.161 e. The van der Waals surface area contributed by atoms with Gasteiger partial charge in [0.05, 0.1) is 19.9 Å². The maximum atomic E-state index is 10.7. The van der Waals surface area contributed by atoms with Gasteiger partial charge in [-0.25, -0.2) is 0 Å². The summed E-state index contributed by atoms with van der Waals surface area (Å²) in [4.78, 5) is 10.7. The lowest BCUT2D eigenvalue weighted by atomic mass is 10.1. The number of carbonyl (C=O) groups is 1. The van der Waals surface area contributed by atoms with Crippen molar-refractivity contribution in [1.29, 1.82) is 10.5 Å². The van der Waals surface area contributed by atoms with Crippen LogP contribution in [0.4, 0.5) is 0 Å². The van der Waals surface area contributed by atoms with Gasteiger partial charge in [-0.15, -0.1) is 0 Å². The first-order valence-electron chi connectivity index (χ1n) is 7.54. The Morgan fingerprint density at radius 3 is 2.54 bits per heavy atom. The standard InChI is InChI=1S/C18H16N4O4/c1-25-15-4-3-13(8-16(15)26-2)18-14(7-12(9-19)10-20)11-22(21-18)6-5-17(23)24/h3-4,7-8,11H,5-6H2,1-2H3,(H,23,24)/p-1. The highest BCUT2D eigenvalue weighted by Crippen LogP contribution is 2.33. The molecular weight excluding hydrogens is 336 g/mol. The van der Waals surface area contributed by atoms with Crippen molar-refractivity contribution in [2.45, 2.75) is 13.0 Å². The van der Waals surface area contributed by atoms with Gasteiger partial charge in [0, 0.05) is 36.3 Å². The number of allylic oxidation sites excluding steroid dienone is 1. The Kier molecular flexibility index (Phi) is 5.96. The lowest BCUT2D eigenvalue weighted by Crippen LogP contribution is -2.23. The molecule has 0 saturated carbocycles. The van der Waals surface area contributed by atoms with Crippen molar-refractivity contribution < 1.29 is 19.4 Å². The quantitative estimate of drug-likeness (QED) is 0.685. The van der Waals surface area contributed by atoms with Gasteiger partial charge in [-0.05, 0) is 24.3 Å². The van der Waals surface area contributed by atoms with Gasteiger partial charge in [-0.2, -0.15) is 15.6 Å². The number of ether oxygens (including phenoxy) is 2. The number of aryl methyl sites for hydroxylation is 1. The van der Waals surface area contributed by atoms with Crippen LogP contribution in [0.25, 0.3) is 17.3 Å². The second-order valence-electron chi connectivity index (χ2n) is 5.17. The number of aromatic nitrogens is 2. The zero-order valence-electron chi connectivity index (χ0n) is 14.2. The van der Waals surface area contributed by atoms with Gasteiger partial charge in [-0.3, -0.25) is 4.68 Å². The van der Waals surface area contributed by atoms with Crippen LogP contribution < -0.4 is 14.6 Å². The average molecular weight is 351 g/mol. The number of hydrogen-bond acceptors (Lipinski definition) is 7. The van der Waals surface area contributed by atoms with Crippen molar-refractivity contribution in [3.05, 3.63) is 35.5 Å². The van der Waals surface area contributed by atoms with E-state index in [-0.39, 0.29) is 18.5 Å². The molecular formula is C18H15N4O4-. The molecule has 0 fully saturated rings. The number of methoxy groups -OCH3 is 2. The summed E-state index contributed by atoms with van der Waals surface area (Å²) >= 11 is 0. The fourth-order valence-electron chi connectivity index (χ4n) is 2.32. The Bertz CT molecular complexity index is 916. The number of carboxylic acid groups (broad SMARTS) is 1. The average Bonchev–Trinajstić information content (AvgIpc) is 3.06. The Labute approximate surface area is 150 Å². The molecule has 1 aromatic heterocycles. The molecule has 1 heterocycles. The lowest BCUT2D eigenvalue weighted by Gasteiger charge is -2.09. The van der Waals surface area contributed by atoms with Gasteiger partial charge in [0.15, 0.2) is 11.5 Å². The molecule has 0 spiro atoms. The van der Waals surface area contributed by atoms with E-state index in [0.29, 0.717) is 28.3 Å². The number of carbonyl (C=O) groups excluding carboxylic acids is 1. The molecule has 1 aromatic carbocycles. The summed E-state index contributed by atoms with van der Waals surface area (Å²) in [5.41, 5.74) is 1.56. The molecule has 0 radical (unpaired) electrons. The minimum atomic E-state index is -1.19. The lowest BCUT2D eigenvalue weighted by molar-refractivity contribution is -0.306. The molecule has 0 N–H and O–H groups in total. The molecule has 8 nitrogen and oxygen atoms in total. The number of nitriles is 2. The summed E-state index contributed by atoms with van der Waals surface area (Å²) in [6.07, 6.45) is 2.76. The zero-order valence-corrected chi connectivity index (χ0v) is 14.2. The third-order valence-corrected chi connectivity index (χ3v) is 3.53. The van der Waals surface area contributed by atoms with E-state index in [2.05, 4.69) is 5.10 Å². The molecule has 132 valence electrons. The van der Waals surface area contributed by atoms with E-state index in [4.69, 9.17) is 20.0 Å². The van der Waals surface area contributed by atoms with Crippen LogP contribution in [-0.2, 0) is 11.3 Å². The monoisotopic (exact) mass is 351 g/mol. The molecule has 0 bridgehead atoms. The van der Waals surface area contributed by atoms with E-state index >= 15 is 0 Å². The second kappa shape index (κ2) is 8.36. The van der Waals surface area contributed by atoms with Crippen LogP contribution in [0.3, 0.4) is 0 Å². The van der Waals surface area contributed by atoms with E-state index in [1.807, 2.05) is 0 Å². The first-order valence-corrected chi connectivity index (χ1v) is 7.54. The van der Waals surface area contributed by atoms with Crippen LogP contribution in [-0.4, -0.2) is 30.0 Å². The number of benzene rings is 1. The maximum absolute atomic E-state index is 10.7. The van der Waals surface area contributed by atoms with Crippen molar-refractivity contribution in [2.75, 3.05) is 14.2 Å². The van der Waals surface area contributed by atoms with Crippen LogP contribution in [0, 0.1) is 22.7 Å². The van der Waals surface area contributed by atoms with Crippen LogP contribution >= 0.6 is 0 Å². The summed E-state index contributed by atoms with van der Waals surface area (Å²) in [6.45, 7) is 0.102. The first-order chi connectivity index (χ1) is 12.5. The van der Waals surface area contributed by atoms with E-state index in [9.17, 15) is 9.90 Å². The van der Waals surface area contributed by atoms with Crippen molar-refractivity contribution in [1.82, 2.24) is 9.78 Å². The third-order valence-electron chi connectivity index (χ3n) is 3.53. The highest BCUT2D eigenvalue weighted by Gasteiger charge is 2.14. The summed E-state index contributed by atoms with van der Waals surface area (Å²) in [7, 11) is 3.02. The number of carboxylic acids is 1. The minimum absolute atomic E-state index is 0.0915. The molecule has 8 heteroatoms. The molecule has 0 aliphatic carbocycles. The molecule has 0 unspecified atom stereocenters. The number of aliphatic carboxylic acids is 1. The van der Waals surface area contributed by atoms with E-state index in [0.717, 1.165) is 0 Å². The van der Waals surface area contributed by atoms with Crippen molar-refractivity contribution in [3.8, 4) is 34.9 Å². The second-order valence-corrected chi connectivity index (χ2v) is 5.17. The molecule has 2 aromatic rings. The molecule has 0 aliphatic heterocycles. The SMILES string of the molecule is COc1ccc(-c2nn(CCC(=O)[O-])cc2C=C(C#N)C#N)cc1OC. The van der Waals surface area contributed by atoms with Gasteiger partial charge in [0.1, 0.15) is 17.7 Å². The fraction of sp³-hybridized carbons (Fsp3) is 0.222. The summed E-state index contributed by atoms with van der Waals surface area (Å²) in [5.74, 6) is -0.163. The molecule has 2 rings (SSSR count). The van der Waals surface area contributed by atoms with Gasteiger partial charge in [0.25, 0.3) is 0 Å². The van der Waals surface area contributed by atoms with E-state index in [1.54, 1.807) is 36.5 Å². The molecule has 0 amide bonds. The van der Waals surface area contributed by atoms with Gasteiger partial charge < -0.3 is 19.4 Å². The van der Waals surface area contributed by atoms with Crippen molar-refractivity contribution in [2.24, 2.45) is 0 Å². The summed E-state index contributed by atoms with van der Waals surface area (Å²) in [6, 6.07) is 8.75. The van der Waals surface area contributed by atoms with Crippen LogP contribution in [0.2, 0.25) is 0 Å². The normalized spacial score (nSPS) is 9.69. The van der Waals surface area contributed by atoms with E-state index < -0.39 is 5.97 Å². The zero-order chi connectivity index (χ0) is 19.1. The molecule has 0 saturated heterocycles. The van der Waals surface area contributed by atoms with Crippen LogP contribution in [0.5, 0.6) is 11.5 Å². The van der Waals surface area contributed by atoms with E-state index in [1.165, 1.54) is 25.0 Å². The predicted molar refractivity (Wildman–Crippen MR) is 89.6 cm³/mol. The highest BCUT2D eigenvalue weighted by molar-refractivity contribution is 5.76. The predicted octanol–water partition coefficient (Wildman–Crippen LogP) is 1.14. The van der Waals surface area contributed by atoms with Crippen molar-refractivity contribution >= 4 is 12.0 Å². The Hall–Kier alpha value is -3.78. The first kappa shape index (κ1) is 18.6. The van der Waals surface area contributed by atoms with Gasteiger partial charge in [-0.1, -0.05) is 0 Å². The molecule has 0 atom stereocenters. The van der Waals surface area contributed by atoms with Gasteiger partial charge in [0.2, 0.25) is 0 Å². The third kappa shape index (κ3) is 4.19. The summed E-state index contributed by atoms with van der Waals surface area (Å²) < 4.78 is 11.9. The van der Waals surface area contributed by atoms with Gasteiger partial charge >= 0.3 is 0 Å². The number of nitrogens with zero attached hydrogens (tertiary/aromatic N) is 4. The Morgan fingerprint density at radius 1 is 1.27 bits per heavy atom. The Balaban J connectivity index is 2.55. The van der Waals surface area contributed by atoms with Crippen molar-refractivity contribution in [3.63, 3.8) is 0 Å². The summed E-state index contributed by atoms with van der Waals surface area (Å²) in [5, 5.41) is 33.0. The fourth-order valence-corrected chi connectivity index (χ4v) is 2.32. The maximum Gasteiger partial charge on any atom is 0.161 e. The Morgan fingerprint density at radius 2 is 1.96 bits per heavy atom.